The molecule has 0 saturated heterocycles. The van der Waals surface area contributed by atoms with E-state index in [0.29, 0.717) is 23.2 Å². The Morgan fingerprint density at radius 1 is 0.905 bits per heavy atom. The number of aromatic nitrogens is 3. The molecule has 0 saturated carbocycles. The summed E-state index contributed by atoms with van der Waals surface area (Å²) in [7, 11) is 3.17. The Balaban J connectivity index is 1.95. The van der Waals surface area contributed by atoms with E-state index in [1.165, 1.54) is 0 Å². The van der Waals surface area contributed by atoms with E-state index in [2.05, 4.69) is 15.2 Å². The van der Waals surface area contributed by atoms with Gasteiger partial charge in [0.2, 0.25) is 11.8 Å². The SMILES string of the molecule is COc1ccc(-c2nnc(-c3cccnc3OC)o2)cc1. The monoisotopic (exact) mass is 283 g/mol. The molecule has 0 aliphatic carbocycles. The minimum Gasteiger partial charge on any atom is -0.497 e. The second-order valence-electron chi connectivity index (χ2n) is 4.20. The van der Waals surface area contributed by atoms with Crippen molar-refractivity contribution in [3.05, 3.63) is 42.6 Å². The first-order valence-corrected chi connectivity index (χ1v) is 6.29. The Kier molecular flexibility index (Phi) is 3.51. The lowest BCUT2D eigenvalue weighted by Gasteiger charge is -2.02. The van der Waals surface area contributed by atoms with Gasteiger partial charge in [-0.1, -0.05) is 0 Å². The summed E-state index contributed by atoms with van der Waals surface area (Å²) in [5.41, 5.74) is 1.48. The van der Waals surface area contributed by atoms with Crippen LogP contribution in [-0.2, 0) is 0 Å². The number of hydrogen-bond donors (Lipinski definition) is 0. The molecule has 6 nitrogen and oxygen atoms in total. The van der Waals surface area contributed by atoms with Crippen molar-refractivity contribution in [2.75, 3.05) is 14.2 Å². The predicted octanol–water partition coefficient (Wildman–Crippen LogP) is 2.82. The van der Waals surface area contributed by atoms with E-state index in [1.807, 2.05) is 30.3 Å². The minimum atomic E-state index is 0.366. The number of rotatable bonds is 4. The summed E-state index contributed by atoms with van der Waals surface area (Å²) in [6.07, 6.45) is 1.64. The van der Waals surface area contributed by atoms with Crippen LogP contribution in [0.15, 0.2) is 47.0 Å². The van der Waals surface area contributed by atoms with E-state index in [9.17, 15) is 0 Å². The number of nitrogens with zero attached hydrogens (tertiary/aromatic N) is 3. The topological polar surface area (TPSA) is 70.3 Å². The quantitative estimate of drug-likeness (QED) is 0.733. The highest BCUT2D eigenvalue weighted by Gasteiger charge is 2.15. The van der Waals surface area contributed by atoms with Crippen molar-refractivity contribution in [3.63, 3.8) is 0 Å². The first-order valence-electron chi connectivity index (χ1n) is 6.29. The van der Waals surface area contributed by atoms with Crippen LogP contribution < -0.4 is 9.47 Å². The largest absolute Gasteiger partial charge is 0.497 e. The molecule has 0 aliphatic heterocycles. The Morgan fingerprint density at radius 3 is 2.38 bits per heavy atom. The Bertz CT molecular complexity index is 738. The van der Waals surface area contributed by atoms with Gasteiger partial charge >= 0.3 is 0 Å². The summed E-state index contributed by atoms with van der Waals surface area (Å²) in [5.74, 6) is 2.01. The maximum absolute atomic E-state index is 5.69. The van der Waals surface area contributed by atoms with Crippen molar-refractivity contribution >= 4 is 0 Å². The fraction of sp³-hybridized carbons (Fsp3) is 0.133. The first-order chi connectivity index (χ1) is 10.3. The Labute approximate surface area is 121 Å². The third-order valence-electron chi connectivity index (χ3n) is 2.96. The van der Waals surface area contributed by atoms with E-state index in [0.717, 1.165) is 11.3 Å². The van der Waals surface area contributed by atoms with Crippen LogP contribution in [-0.4, -0.2) is 29.4 Å². The average molecular weight is 283 g/mol. The fourth-order valence-corrected chi connectivity index (χ4v) is 1.90. The van der Waals surface area contributed by atoms with Crippen LogP contribution in [0.5, 0.6) is 11.6 Å². The molecule has 0 amide bonds. The van der Waals surface area contributed by atoms with Crippen LogP contribution in [0.2, 0.25) is 0 Å². The van der Waals surface area contributed by atoms with Crippen molar-refractivity contribution in [2.24, 2.45) is 0 Å². The Hall–Kier alpha value is -2.89. The van der Waals surface area contributed by atoms with Gasteiger partial charge < -0.3 is 13.9 Å². The molecule has 21 heavy (non-hydrogen) atoms. The van der Waals surface area contributed by atoms with Gasteiger partial charge in [0.1, 0.15) is 11.3 Å². The van der Waals surface area contributed by atoms with Crippen LogP contribution in [0.4, 0.5) is 0 Å². The molecule has 0 N–H and O–H groups in total. The number of hydrogen-bond acceptors (Lipinski definition) is 6. The lowest BCUT2D eigenvalue weighted by molar-refractivity contribution is 0.397. The first kappa shape index (κ1) is 13.1. The van der Waals surface area contributed by atoms with Gasteiger partial charge in [0.05, 0.1) is 14.2 Å². The zero-order valence-electron chi connectivity index (χ0n) is 11.6. The van der Waals surface area contributed by atoms with Gasteiger partial charge in [0.15, 0.2) is 0 Å². The van der Waals surface area contributed by atoms with Crippen molar-refractivity contribution in [2.45, 2.75) is 0 Å². The van der Waals surface area contributed by atoms with Crippen molar-refractivity contribution < 1.29 is 13.9 Å². The number of methoxy groups -OCH3 is 2. The second-order valence-corrected chi connectivity index (χ2v) is 4.20. The van der Waals surface area contributed by atoms with Crippen LogP contribution in [0, 0.1) is 0 Å². The van der Waals surface area contributed by atoms with Crippen LogP contribution in [0.1, 0.15) is 0 Å². The lowest BCUT2D eigenvalue weighted by Crippen LogP contribution is -1.90. The molecular formula is C15H13N3O3. The third-order valence-corrected chi connectivity index (χ3v) is 2.96. The molecule has 0 bridgehead atoms. The number of pyridine rings is 1. The average Bonchev–Trinajstić information content (AvgIpc) is 3.04. The molecule has 0 spiro atoms. The highest BCUT2D eigenvalue weighted by atomic mass is 16.5. The maximum atomic E-state index is 5.69. The molecule has 1 aromatic carbocycles. The lowest BCUT2D eigenvalue weighted by atomic mass is 10.2. The predicted molar refractivity (Wildman–Crippen MR) is 76.1 cm³/mol. The van der Waals surface area contributed by atoms with Crippen LogP contribution in [0.3, 0.4) is 0 Å². The molecule has 2 heterocycles. The molecule has 2 aromatic heterocycles. The third kappa shape index (κ3) is 2.55. The normalized spacial score (nSPS) is 10.4. The van der Waals surface area contributed by atoms with E-state index < -0.39 is 0 Å². The van der Waals surface area contributed by atoms with Gasteiger partial charge in [-0.15, -0.1) is 10.2 Å². The fourth-order valence-electron chi connectivity index (χ4n) is 1.90. The highest BCUT2D eigenvalue weighted by Crippen LogP contribution is 2.29. The summed E-state index contributed by atoms with van der Waals surface area (Å²) in [4.78, 5) is 4.11. The van der Waals surface area contributed by atoms with E-state index in [-0.39, 0.29) is 0 Å². The second kappa shape index (κ2) is 5.62. The van der Waals surface area contributed by atoms with Gasteiger partial charge in [-0.2, -0.15) is 0 Å². The summed E-state index contributed by atoms with van der Waals surface area (Å²) < 4.78 is 16.0. The molecule has 3 aromatic rings. The zero-order chi connectivity index (χ0) is 14.7. The van der Waals surface area contributed by atoms with Gasteiger partial charge in [-0.25, -0.2) is 4.98 Å². The Morgan fingerprint density at radius 2 is 1.67 bits per heavy atom. The van der Waals surface area contributed by atoms with Gasteiger partial charge in [-0.3, -0.25) is 0 Å². The molecular weight excluding hydrogens is 270 g/mol. The standard InChI is InChI=1S/C15H13N3O3/c1-19-11-7-5-10(6-8-11)13-17-18-15(21-13)12-4-3-9-16-14(12)20-2/h3-9H,1-2H3. The smallest absolute Gasteiger partial charge is 0.253 e. The van der Waals surface area contributed by atoms with Gasteiger partial charge in [0.25, 0.3) is 5.89 Å². The zero-order valence-corrected chi connectivity index (χ0v) is 11.6. The van der Waals surface area contributed by atoms with E-state index >= 15 is 0 Å². The van der Waals surface area contributed by atoms with E-state index in [1.54, 1.807) is 26.5 Å². The van der Waals surface area contributed by atoms with Crippen molar-refractivity contribution in [1.82, 2.24) is 15.2 Å². The summed E-state index contributed by atoms with van der Waals surface area (Å²) >= 11 is 0. The number of ether oxygens (including phenoxy) is 2. The molecule has 0 unspecified atom stereocenters. The minimum absolute atomic E-state index is 0.366. The van der Waals surface area contributed by atoms with Crippen LogP contribution >= 0.6 is 0 Å². The van der Waals surface area contributed by atoms with Gasteiger partial charge in [-0.05, 0) is 36.4 Å². The van der Waals surface area contributed by atoms with Gasteiger partial charge in [0, 0.05) is 11.8 Å². The number of benzene rings is 1. The summed E-state index contributed by atoms with van der Waals surface area (Å²) in [5, 5.41) is 8.10. The molecule has 0 radical (unpaired) electrons. The molecule has 0 aliphatic rings. The van der Waals surface area contributed by atoms with Crippen molar-refractivity contribution in [3.8, 4) is 34.5 Å². The molecule has 6 heteroatoms. The van der Waals surface area contributed by atoms with Crippen LogP contribution in [0.25, 0.3) is 22.9 Å². The summed E-state index contributed by atoms with van der Waals surface area (Å²) in [6, 6.07) is 11.0. The highest BCUT2D eigenvalue weighted by molar-refractivity contribution is 5.62. The summed E-state index contributed by atoms with van der Waals surface area (Å²) in [6.45, 7) is 0. The van der Waals surface area contributed by atoms with Crippen molar-refractivity contribution in [1.29, 1.82) is 0 Å². The molecule has 106 valence electrons. The molecule has 0 atom stereocenters. The molecule has 3 rings (SSSR count). The van der Waals surface area contributed by atoms with E-state index in [4.69, 9.17) is 13.9 Å². The molecule has 0 fully saturated rings. The maximum Gasteiger partial charge on any atom is 0.253 e.